The maximum Gasteiger partial charge on any atom is 0.337 e. The van der Waals surface area contributed by atoms with Crippen molar-refractivity contribution < 1.29 is 19.1 Å². The van der Waals surface area contributed by atoms with Gasteiger partial charge in [0.25, 0.3) is 0 Å². The third kappa shape index (κ3) is 5.00. The Kier molecular flexibility index (Phi) is 6.52. The fourth-order valence-electron chi connectivity index (χ4n) is 1.45. The Labute approximate surface area is 120 Å². The minimum Gasteiger partial charge on any atom is -0.465 e. The molecule has 0 aromatic heterocycles. The van der Waals surface area contributed by atoms with Gasteiger partial charge in [-0.25, -0.2) is 4.79 Å². The molecule has 0 unspecified atom stereocenters. The molecule has 0 aliphatic rings. The highest BCUT2D eigenvalue weighted by molar-refractivity contribution is 9.10. The molecule has 0 amide bonds. The first kappa shape index (κ1) is 15.7. The molecule has 0 aliphatic carbocycles. The summed E-state index contributed by atoms with van der Waals surface area (Å²) in [6.45, 7) is 2.79. The Hall–Kier alpha value is -1.40. The molecule has 0 saturated carbocycles. The van der Waals surface area contributed by atoms with E-state index in [2.05, 4.69) is 26.0 Å². The Morgan fingerprint density at radius 1 is 1.37 bits per heavy atom. The van der Waals surface area contributed by atoms with Crippen molar-refractivity contribution in [2.75, 3.05) is 20.3 Å². The summed E-state index contributed by atoms with van der Waals surface area (Å²) in [4.78, 5) is 22.5. The summed E-state index contributed by atoms with van der Waals surface area (Å²) in [6.07, 6.45) is 0. The second-order valence-electron chi connectivity index (χ2n) is 3.71. The summed E-state index contributed by atoms with van der Waals surface area (Å²) in [5.41, 5.74) is 1.42. The van der Waals surface area contributed by atoms with Crippen molar-refractivity contribution >= 4 is 27.9 Å². The topological polar surface area (TPSA) is 64.6 Å². The predicted molar refractivity (Wildman–Crippen MR) is 73.8 cm³/mol. The summed E-state index contributed by atoms with van der Waals surface area (Å²) in [6, 6.07) is 5.17. The lowest BCUT2D eigenvalue weighted by atomic mass is 10.1. The highest BCUT2D eigenvalue weighted by Gasteiger charge is 2.08. The minimum atomic E-state index is -0.383. The molecule has 19 heavy (non-hydrogen) atoms. The molecule has 0 fully saturated rings. The third-order valence-corrected chi connectivity index (χ3v) is 3.10. The van der Waals surface area contributed by atoms with Crippen LogP contribution in [0.3, 0.4) is 0 Å². The molecule has 0 heterocycles. The van der Waals surface area contributed by atoms with Gasteiger partial charge < -0.3 is 14.8 Å². The van der Waals surface area contributed by atoms with Crippen LogP contribution in [0.1, 0.15) is 22.8 Å². The highest BCUT2D eigenvalue weighted by atomic mass is 79.9. The number of nitrogens with one attached hydrogen (secondary N) is 1. The number of ether oxygens (including phenoxy) is 2. The van der Waals surface area contributed by atoms with Gasteiger partial charge in [0, 0.05) is 11.0 Å². The molecule has 0 saturated heterocycles. The SMILES string of the molecule is CCOC(=O)CNCc1ccc(C(=O)OC)cc1Br. The Morgan fingerprint density at radius 2 is 2.11 bits per heavy atom. The Bertz CT molecular complexity index is 462. The first-order chi connectivity index (χ1) is 9.08. The second-order valence-corrected chi connectivity index (χ2v) is 4.56. The van der Waals surface area contributed by atoms with Crippen molar-refractivity contribution in [1.29, 1.82) is 0 Å². The van der Waals surface area contributed by atoms with Gasteiger partial charge in [0.1, 0.15) is 0 Å². The maximum absolute atomic E-state index is 11.3. The molecule has 1 N–H and O–H groups in total. The number of halogens is 1. The number of rotatable bonds is 6. The van der Waals surface area contributed by atoms with Crippen molar-refractivity contribution in [1.82, 2.24) is 5.32 Å². The van der Waals surface area contributed by atoms with Gasteiger partial charge in [-0.3, -0.25) is 4.79 Å². The number of esters is 2. The number of benzene rings is 1. The molecule has 6 heteroatoms. The number of hydrogen-bond donors (Lipinski definition) is 1. The van der Waals surface area contributed by atoms with Crippen molar-refractivity contribution in [3.05, 3.63) is 33.8 Å². The fraction of sp³-hybridized carbons (Fsp3) is 0.385. The van der Waals surface area contributed by atoms with Gasteiger partial charge in [-0.05, 0) is 24.6 Å². The van der Waals surface area contributed by atoms with Gasteiger partial charge >= 0.3 is 11.9 Å². The molecular weight excluding hydrogens is 314 g/mol. The Morgan fingerprint density at radius 3 is 2.68 bits per heavy atom. The van der Waals surface area contributed by atoms with Crippen LogP contribution in [0.2, 0.25) is 0 Å². The Balaban J connectivity index is 2.56. The van der Waals surface area contributed by atoms with Gasteiger partial charge in [0.05, 0.1) is 25.8 Å². The zero-order valence-corrected chi connectivity index (χ0v) is 12.5. The number of methoxy groups -OCH3 is 1. The number of carbonyl (C=O) groups is 2. The summed E-state index contributed by atoms with van der Waals surface area (Å²) < 4.78 is 10.2. The van der Waals surface area contributed by atoms with Gasteiger partial charge in [-0.1, -0.05) is 22.0 Å². The van der Waals surface area contributed by atoms with Crippen LogP contribution in [0.25, 0.3) is 0 Å². The summed E-state index contributed by atoms with van der Waals surface area (Å²) in [7, 11) is 1.34. The summed E-state index contributed by atoms with van der Waals surface area (Å²) >= 11 is 3.38. The van der Waals surface area contributed by atoms with Crippen LogP contribution in [0.4, 0.5) is 0 Å². The van der Waals surface area contributed by atoms with E-state index in [0.717, 1.165) is 10.0 Å². The van der Waals surface area contributed by atoms with Crippen LogP contribution in [-0.2, 0) is 20.8 Å². The van der Waals surface area contributed by atoms with E-state index in [1.54, 1.807) is 25.1 Å². The first-order valence-electron chi connectivity index (χ1n) is 5.81. The smallest absolute Gasteiger partial charge is 0.337 e. The zero-order chi connectivity index (χ0) is 14.3. The van der Waals surface area contributed by atoms with Crippen molar-refractivity contribution in [3.63, 3.8) is 0 Å². The van der Waals surface area contributed by atoms with Gasteiger partial charge in [-0.2, -0.15) is 0 Å². The lowest BCUT2D eigenvalue weighted by Crippen LogP contribution is -2.24. The number of hydrogen-bond acceptors (Lipinski definition) is 5. The second kappa shape index (κ2) is 7.91. The maximum atomic E-state index is 11.3. The van der Waals surface area contributed by atoms with Gasteiger partial charge in [-0.15, -0.1) is 0 Å². The van der Waals surface area contributed by atoms with Crippen LogP contribution in [0.5, 0.6) is 0 Å². The van der Waals surface area contributed by atoms with E-state index < -0.39 is 0 Å². The lowest BCUT2D eigenvalue weighted by molar-refractivity contribution is -0.142. The van der Waals surface area contributed by atoms with E-state index in [4.69, 9.17) is 4.74 Å². The van der Waals surface area contributed by atoms with E-state index in [0.29, 0.717) is 18.7 Å². The van der Waals surface area contributed by atoms with Crippen molar-refractivity contribution in [2.45, 2.75) is 13.5 Å². The van der Waals surface area contributed by atoms with Gasteiger partial charge in [0.2, 0.25) is 0 Å². The largest absolute Gasteiger partial charge is 0.465 e. The molecular formula is C13H16BrNO4. The van der Waals surface area contributed by atoms with Crippen LogP contribution in [-0.4, -0.2) is 32.2 Å². The van der Waals surface area contributed by atoms with Gasteiger partial charge in [0.15, 0.2) is 0 Å². The lowest BCUT2D eigenvalue weighted by Gasteiger charge is -2.08. The van der Waals surface area contributed by atoms with E-state index >= 15 is 0 Å². The highest BCUT2D eigenvalue weighted by Crippen LogP contribution is 2.19. The normalized spacial score (nSPS) is 10.1. The van der Waals surface area contributed by atoms with Crippen LogP contribution >= 0.6 is 15.9 Å². The minimum absolute atomic E-state index is 0.152. The molecule has 5 nitrogen and oxygen atoms in total. The van der Waals surface area contributed by atoms with E-state index in [9.17, 15) is 9.59 Å². The first-order valence-corrected chi connectivity index (χ1v) is 6.60. The monoisotopic (exact) mass is 329 g/mol. The molecule has 1 aromatic carbocycles. The predicted octanol–water partition coefficient (Wildman–Crippen LogP) is 1.89. The number of carbonyl (C=O) groups excluding carboxylic acids is 2. The molecule has 1 aromatic rings. The standard InChI is InChI=1S/C13H16BrNO4/c1-3-19-12(16)8-15-7-10-5-4-9(6-11(10)14)13(17)18-2/h4-6,15H,3,7-8H2,1-2H3. The molecule has 0 radical (unpaired) electrons. The van der Waals surface area contributed by atoms with E-state index in [1.165, 1.54) is 7.11 Å². The average molecular weight is 330 g/mol. The molecule has 104 valence electrons. The summed E-state index contributed by atoms with van der Waals surface area (Å²) in [5, 5.41) is 2.97. The third-order valence-electron chi connectivity index (χ3n) is 2.36. The van der Waals surface area contributed by atoms with Crippen LogP contribution in [0.15, 0.2) is 22.7 Å². The zero-order valence-electron chi connectivity index (χ0n) is 10.9. The van der Waals surface area contributed by atoms with E-state index in [-0.39, 0.29) is 18.5 Å². The quantitative estimate of drug-likeness (QED) is 0.807. The van der Waals surface area contributed by atoms with E-state index in [1.807, 2.05) is 0 Å². The molecule has 1 rings (SSSR count). The molecule has 0 aliphatic heterocycles. The van der Waals surface area contributed by atoms with Crippen molar-refractivity contribution in [2.24, 2.45) is 0 Å². The molecule has 0 spiro atoms. The molecule has 0 atom stereocenters. The summed E-state index contributed by atoms with van der Waals surface area (Å²) in [5.74, 6) is -0.670. The average Bonchev–Trinajstić information content (AvgIpc) is 2.40. The van der Waals surface area contributed by atoms with Crippen LogP contribution in [0, 0.1) is 0 Å². The van der Waals surface area contributed by atoms with Crippen molar-refractivity contribution in [3.8, 4) is 0 Å². The van der Waals surface area contributed by atoms with Crippen LogP contribution < -0.4 is 5.32 Å². The molecule has 0 bridgehead atoms. The fourth-order valence-corrected chi connectivity index (χ4v) is 1.97.